The van der Waals surface area contributed by atoms with E-state index in [0.717, 1.165) is 11.0 Å². The van der Waals surface area contributed by atoms with Gasteiger partial charge in [-0.2, -0.15) is 0 Å². The standard InChI is InChI=1S/C19H27BO5/c1-6-23-16(21)19(10-11-22-13-19)14-8-7-9-15(12-14)20-24-17(2,3)18(4,5)25-20/h7-9,12H,6,10-11,13H2,1-5H3. The van der Waals surface area contributed by atoms with E-state index in [2.05, 4.69) is 0 Å². The van der Waals surface area contributed by atoms with Crippen LogP contribution in [0.4, 0.5) is 0 Å². The second-order valence-corrected chi connectivity index (χ2v) is 7.82. The van der Waals surface area contributed by atoms with E-state index in [9.17, 15) is 4.79 Å². The Labute approximate surface area is 150 Å². The smallest absolute Gasteiger partial charge is 0.465 e. The quantitative estimate of drug-likeness (QED) is 0.618. The first kappa shape index (κ1) is 18.4. The summed E-state index contributed by atoms with van der Waals surface area (Å²) in [6, 6.07) is 7.86. The summed E-state index contributed by atoms with van der Waals surface area (Å²) >= 11 is 0. The number of carbonyl (C=O) groups is 1. The summed E-state index contributed by atoms with van der Waals surface area (Å²) in [6.07, 6.45) is 0.624. The maximum atomic E-state index is 12.6. The molecule has 25 heavy (non-hydrogen) atoms. The monoisotopic (exact) mass is 346 g/mol. The molecule has 3 rings (SSSR count). The molecule has 0 aliphatic carbocycles. The zero-order chi connectivity index (χ0) is 18.3. The first-order valence-electron chi connectivity index (χ1n) is 8.93. The molecule has 0 N–H and O–H groups in total. The molecule has 5 nitrogen and oxygen atoms in total. The molecule has 2 aliphatic heterocycles. The Morgan fingerprint density at radius 3 is 2.44 bits per heavy atom. The van der Waals surface area contributed by atoms with E-state index < -0.39 is 23.7 Å². The van der Waals surface area contributed by atoms with Gasteiger partial charge < -0.3 is 18.8 Å². The Morgan fingerprint density at radius 2 is 1.88 bits per heavy atom. The minimum atomic E-state index is -0.740. The van der Waals surface area contributed by atoms with Gasteiger partial charge in [0.1, 0.15) is 5.41 Å². The minimum absolute atomic E-state index is 0.224. The van der Waals surface area contributed by atoms with Crippen molar-refractivity contribution in [2.75, 3.05) is 19.8 Å². The highest BCUT2D eigenvalue weighted by molar-refractivity contribution is 6.62. The van der Waals surface area contributed by atoms with E-state index in [0.29, 0.717) is 26.2 Å². The highest BCUT2D eigenvalue weighted by Gasteiger charge is 2.52. The lowest BCUT2D eigenvalue weighted by Crippen LogP contribution is -2.41. The summed E-state index contributed by atoms with van der Waals surface area (Å²) in [7, 11) is -0.452. The van der Waals surface area contributed by atoms with Gasteiger partial charge in [-0.15, -0.1) is 0 Å². The van der Waals surface area contributed by atoms with E-state index in [1.165, 1.54) is 0 Å². The topological polar surface area (TPSA) is 54.0 Å². The van der Waals surface area contributed by atoms with Crippen molar-refractivity contribution in [2.45, 2.75) is 57.7 Å². The molecule has 1 aromatic rings. The molecule has 0 aromatic heterocycles. The number of benzene rings is 1. The Morgan fingerprint density at radius 1 is 1.20 bits per heavy atom. The predicted molar refractivity (Wildman–Crippen MR) is 95.9 cm³/mol. The van der Waals surface area contributed by atoms with E-state index in [4.69, 9.17) is 18.8 Å². The highest BCUT2D eigenvalue weighted by atomic mass is 16.7. The zero-order valence-electron chi connectivity index (χ0n) is 15.8. The molecule has 1 unspecified atom stereocenters. The summed E-state index contributed by atoms with van der Waals surface area (Å²) in [5.74, 6) is -0.224. The van der Waals surface area contributed by atoms with Gasteiger partial charge in [0, 0.05) is 6.61 Å². The van der Waals surface area contributed by atoms with Gasteiger partial charge in [0.25, 0.3) is 0 Å². The molecule has 0 amide bonds. The van der Waals surface area contributed by atoms with Crippen molar-refractivity contribution in [1.29, 1.82) is 0 Å². The van der Waals surface area contributed by atoms with E-state index >= 15 is 0 Å². The first-order chi connectivity index (χ1) is 11.7. The lowest BCUT2D eigenvalue weighted by Gasteiger charge is -2.32. The Hall–Kier alpha value is -1.37. The largest absolute Gasteiger partial charge is 0.494 e. The third-order valence-corrected chi connectivity index (χ3v) is 5.65. The lowest BCUT2D eigenvalue weighted by atomic mass is 9.73. The SMILES string of the molecule is CCOC(=O)C1(c2cccc(B3OC(C)(C)C(C)(C)O3)c2)CCOC1. The zero-order valence-corrected chi connectivity index (χ0v) is 15.8. The van der Waals surface area contributed by atoms with Crippen LogP contribution in [-0.2, 0) is 29.0 Å². The van der Waals surface area contributed by atoms with Crippen molar-refractivity contribution in [2.24, 2.45) is 0 Å². The van der Waals surface area contributed by atoms with Crippen molar-refractivity contribution in [3.8, 4) is 0 Å². The second kappa shape index (κ2) is 6.42. The van der Waals surface area contributed by atoms with Crippen LogP contribution in [0.3, 0.4) is 0 Å². The van der Waals surface area contributed by atoms with Gasteiger partial charge in [0.2, 0.25) is 0 Å². The molecule has 2 saturated heterocycles. The van der Waals surface area contributed by atoms with Crippen LogP contribution in [0.25, 0.3) is 0 Å². The first-order valence-corrected chi connectivity index (χ1v) is 8.93. The molecule has 2 heterocycles. The summed E-state index contributed by atoms with van der Waals surface area (Å²) in [4.78, 5) is 12.6. The van der Waals surface area contributed by atoms with Crippen LogP contribution >= 0.6 is 0 Å². The normalized spacial score (nSPS) is 27.5. The van der Waals surface area contributed by atoms with Crippen LogP contribution in [0.15, 0.2) is 24.3 Å². The van der Waals surface area contributed by atoms with E-state index in [-0.39, 0.29) is 5.97 Å². The van der Waals surface area contributed by atoms with Gasteiger partial charge in [-0.3, -0.25) is 4.79 Å². The number of hydrogen-bond acceptors (Lipinski definition) is 5. The molecule has 0 bridgehead atoms. The fourth-order valence-electron chi connectivity index (χ4n) is 3.30. The van der Waals surface area contributed by atoms with Crippen LogP contribution in [0.1, 0.15) is 46.6 Å². The fraction of sp³-hybridized carbons (Fsp3) is 0.632. The van der Waals surface area contributed by atoms with Gasteiger partial charge in [0.05, 0.1) is 24.4 Å². The predicted octanol–water partition coefficient (Wildman–Crippen LogP) is 2.21. The van der Waals surface area contributed by atoms with Crippen molar-refractivity contribution in [3.63, 3.8) is 0 Å². The van der Waals surface area contributed by atoms with Crippen molar-refractivity contribution in [3.05, 3.63) is 29.8 Å². The molecule has 1 aromatic carbocycles. The number of carbonyl (C=O) groups excluding carboxylic acids is 1. The van der Waals surface area contributed by atoms with Crippen LogP contribution < -0.4 is 5.46 Å². The molecule has 1 atom stereocenters. The summed E-state index contributed by atoms with van der Waals surface area (Å²) < 4.78 is 23.2. The van der Waals surface area contributed by atoms with Crippen molar-refractivity contribution >= 4 is 18.6 Å². The molecule has 0 saturated carbocycles. The van der Waals surface area contributed by atoms with E-state index in [1.807, 2.05) is 58.9 Å². The average Bonchev–Trinajstić information content (AvgIpc) is 3.12. The Balaban J connectivity index is 1.93. The summed E-state index contributed by atoms with van der Waals surface area (Å²) in [5, 5.41) is 0. The fourth-order valence-corrected chi connectivity index (χ4v) is 3.30. The van der Waals surface area contributed by atoms with Gasteiger partial charge in [-0.1, -0.05) is 24.3 Å². The summed E-state index contributed by atoms with van der Waals surface area (Å²) in [6.45, 7) is 11.2. The number of rotatable bonds is 4. The Kier molecular flexibility index (Phi) is 4.73. The average molecular weight is 346 g/mol. The maximum absolute atomic E-state index is 12.6. The molecule has 2 aliphatic rings. The number of ether oxygens (including phenoxy) is 2. The second-order valence-electron chi connectivity index (χ2n) is 7.82. The van der Waals surface area contributed by atoms with Crippen LogP contribution in [-0.4, -0.2) is 44.1 Å². The molecule has 6 heteroatoms. The molecular weight excluding hydrogens is 319 g/mol. The van der Waals surface area contributed by atoms with Gasteiger partial charge in [-0.25, -0.2) is 0 Å². The number of hydrogen-bond donors (Lipinski definition) is 0. The molecular formula is C19H27BO5. The molecule has 0 radical (unpaired) electrons. The molecule has 136 valence electrons. The maximum Gasteiger partial charge on any atom is 0.494 e. The molecule has 0 spiro atoms. The number of esters is 1. The van der Waals surface area contributed by atoms with Crippen LogP contribution in [0.5, 0.6) is 0 Å². The highest BCUT2D eigenvalue weighted by Crippen LogP contribution is 2.38. The lowest BCUT2D eigenvalue weighted by molar-refractivity contribution is -0.150. The molecule has 2 fully saturated rings. The van der Waals surface area contributed by atoms with Crippen molar-refractivity contribution in [1.82, 2.24) is 0 Å². The third kappa shape index (κ3) is 3.11. The van der Waals surface area contributed by atoms with Crippen LogP contribution in [0, 0.1) is 0 Å². The van der Waals surface area contributed by atoms with E-state index in [1.54, 1.807) is 0 Å². The van der Waals surface area contributed by atoms with Crippen LogP contribution in [0.2, 0.25) is 0 Å². The van der Waals surface area contributed by atoms with Gasteiger partial charge in [-0.05, 0) is 52.1 Å². The summed E-state index contributed by atoms with van der Waals surface area (Å²) in [5.41, 5.74) is 0.268. The van der Waals surface area contributed by atoms with Gasteiger partial charge >= 0.3 is 13.1 Å². The van der Waals surface area contributed by atoms with Crippen molar-refractivity contribution < 1.29 is 23.6 Å². The third-order valence-electron chi connectivity index (χ3n) is 5.65. The Bertz CT molecular complexity index is 633. The van der Waals surface area contributed by atoms with Gasteiger partial charge in [0.15, 0.2) is 0 Å². The minimum Gasteiger partial charge on any atom is -0.465 e.